The van der Waals surface area contributed by atoms with E-state index >= 15 is 0 Å². The number of unbranched alkanes of at least 4 members (excludes halogenated alkanes) is 22. The van der Waals surface area contributed by atoms with E-state index in [2.05, 4.69) is 38.2 Å². The van der Waals surface area contributed by atoms with Gasteiger partial charge in [0.15, 0.2) is 0 Å². The van der Waals surface area contributed by atoms with Gasteiger partial charge in [-0.05, 0) is 77.0 Å². The summed E-state index contributed by atoms with van der Waals surface area (Å²) in [4.78, 5) is 20.4. The number of hydrogen-bond donors (Lipinski definition) is 0. The number of carbonyl (C=O) groups excluding carboxylic acids is 2. The van der Waals surface area contributed by atoms with Crippen molar-refractivity contribution in [1.82, 2.24) is 0 Å². The fourth-order valence-corrected chi connectivity index (χ4v) is 4.68. The van der Waals surface area contributed by atoms with Gasteiger partial charge in [0.2, 0.25) is 0 Å². The Kier molecular flexibility index (Phi) is 45.3. The number of carboxylic acid groups (broad SMARTS) is 2. The van der Waals surface area contributed by atoms with E-state index in [0.717, 1.165) is 38.5 Å². The van der Waals surface area contributed by atoms with Gasteiger partial charge in [-0.15, -0.1) is 0 Å². The van der Waals surface area contributed by atoms with E-state index in [9.17, 15) is 19.8 Å². The Balaban J connectivity index is -0.000000688. The monoisotopic (exact) mass is 764 g/mol. The van der Waals surface area contributed by atoms with Crippen LogP contribution < -0.4 is 10.2 Å². The summed E-state index contributed by atoms with van der Waals surface area (Å²) < 4.78 is 0. The maximum atomic E-state index is 10.2. The number of hydrogen-bond acceptors (Lipinski definition) is 4. The van der Waals surface area contributed by atoms with Crippen LogP contribution in [0.4, 0.5) is 0 Å². The molecule has 0 aliphatic carbocycles. The third kappa shape index (κ3) is 49.4. The van der Waals surface area contributed by atoms with Gasteiger partial charge in [-0.1, -0.05) is 141 Å². The molecule has 5 heteroatoms. The maximum Gasteiger partial charge on any atom is 2.00 e. The fourth-order valence-electron chi connectivity index (χ4n) is 4.68. The quantitative estimate of drug-likeness (QED) is 0.0415. The van der Waals surface area contributed by atoms with Crippen molar-refractivity contribution in [3.63, 3.8) is 0 Å². The van der Waals surface area contributed by atoms with Crippen LogP contribution in [0.5, 0.6) is 0 Å². The predicted molar refractivity (Wildman–Crippen MR) is 169 cm³/mol. The van der Waals surface area contributed by atoms with Crippen LogP contribution in [0.1, 0.15) is 194 Å². The third-order valence-electron chi connectivity index (χ3n) is 7.29. The van der Waals surface area contributed by atoms with Crippen molar-refractivity contribution >= 4 is 11.9 Å². The molecule has 4 nitrogen and oxygen atoms in total. The Labute approximate surface area is 276 Å². The summed E-state index contributed by atoms with van der Waals surface area (Å²) in [5.74, 6) is -1.83. The Morgan fingerprint density at radius 3 is 0.854 bits per heavy atom. The summed E-state index contributed by atoms with van der Waals surface area (Å²) in [5, 5.41) is 20.4. The minimum absolute atomic E-state index is 0. The zero-order valence-corrected chi connectivity index (χ0v) is 32.9. The van der Waals surface area contributed by atoms with Gasteiger partial charge in [-0.25, -0.2) is 0 Å². The molecule has 236 valence electrons. The average Bonchev–Trinajstić information content (AvgIpc) is 2.93. The predicted octanol–water partition coefficient (Wildman–Crippen LogP) is 9.55. The van der Waals surface area contributed by atoms with Crippen molar-refractivity contribution in [1.29, 1.82) is 0 Å². The van der Waals surface area contributed by atoms with Crippen LogP contribution in [0, 0.1) is 0 Å². The van der Waals surface area contributed by atoms with E-state index in [1.807, 2.05) is 0 Å². The van der Waals surface area contributed by atoms with E-state index in [0.29, 0.717) is 0 Å². The first-order valence-electron chi connectivity index (χ1n) is 17.2. The molecule has 0 fully saturated rings. The molecular formula is C36H66HgO4. The summed E-state index contributed by atoms with van der Waals surface area (Å²) in [7, 11) is 0. The van der Waals surface area contributed by atoms with Crippen molar-refractivity contribution in [3.05, 3.63) is 24.3 Å². The average molecular weight is 764 g/mol. The molecule has 0 spiro atoms. The van der Waals surface area contributed by atoms with Crippen molar-refractivity contribution in [2.75, 3.05) is 0 Å². The molecule has 0 aromatic carbocycles. The van der Waals surface area contributed by atoms with Gasteiger partial charge in [0.25, 0.3) is 0 Å². The number of aliphatic carboxylic acids is 2. The molecule has 0 saturated carbocycles. The van der Waals surface area contributed by atoms with Crippen molar-refractivity contribution in [2.45, 2.75) is 194 Å². The second-order valence-electron chi connectivity index (χ2n) is 11.4. The largest absolute Gasteiger partial charge is 2.00 e. The molecule has 0 bridgehead atoms. The van der Waals surface area contributed by atoms with Gasteiger partial charge in [0.1, 0.15) is 0 Å². The molecule has 0 unspecified atom stereocenters. The van der Waals surface area contributed by atoms with Gasteiger partial charge in [0.05, 0.1) is 0 Å². The van der Waals surface area contributed by atoms with E-state index in [4.69, 9.17) is 0 Å². The fraction of sp³-hybridized carbons (Fsp3) is 0.833. The molecule has 0 aliphatic heterocycles. The zero-order valence-electron chi connectivity index (χ0n) is 27.4. The van der Waals surface area contributed by atoms with Crippen LogP contribution in [-0.4, -0.2) is 11.9 Å². The minimum atomic E-state index is -0.914. The Morgan fingerprint density at radius 1 is 0.390 bits per heavy atom. The molecule has 0 radical (unpaired) electrons. The van der Waals surface area contributed by atoms with Gasteiger partial charge in [-0.3, -0.25) is 0 Å². The first kappa shape index (κ1) is 44.8. The minimum Gasteiger partial charge on any atom is -0.550 e. The molecule has 0 aromatic rings. The number of allylic oxidation sites excluding steroid dienone is 4. The van der Waals surface area contributed by atoms with Crippen molar-refractivity contribution in [3.8, 4) is 0 Å². The van der Waals surface area contributed by atoms with E-state index in [-0.39, 0.29) is 40.5 Å². The Bertz CT molecular complexity index is 524. The first-order valence-corrected chi connectivity index (χ1v) is 17.2. The number of carboxylic acids is 2. The van der Waals surface area contributed by atoms with Crippen LogP contribution >= 0.6 is 0 Å². The van der Waals surface area contributed by atoms with E-state index in [1.165, 1.54) is 128 Å². The van der Waals surface area contributed by atoms with Gasteiger partial charge < -0.3 is 19.8 Å². The van der Waals surface area contributed by atoms with Gasteiger partial charge in [0, 0.05) is 11.9 Å². The summed E-state index contributed by atoms with van der Waals surface area (Å²) in [6.07, 6.45) is 41.8. The van der Waals surface area contributed by atoms with Crippen LogP contribution in [0.25, 0.3) is 0 Å². The number of carbonyl (C=O) groups is 2. The Morgan fingerprint density at radius 2 is 0.610 bits per heavy atom. The topological polar surface area (TPSA) is 80.3 Å². The molecule has 0 amide bonds. The molecule has 0 atom stereocenters. The Hall–Kier alpha value is -0.645. The van der Waals surface area contributed by atoms with Crippen molar-refractivity contribution < 1.29 is 47.5 Å². The molecule has 0 aromatic heterocycles. The van der Waals surface area contributed by atoms with E-state index < -0.39 is 11.9 Å². The molecule has 0 N–H and O–H groups in total. The maximum absolute atomic E-state index is 10.2. The number of rotatable bonds is 30. The normalized spacial score (nSPS) is 11.0. The first-order chi connectivity index (χ1) is 19.5. The summed E-state index contributed by atoms with van der Waals surface area (Å²) in [5.41, 5.74) is 0. The molecule has 0 heterocycles. The second kappa shape index (κ2) is 41.5. The van der Waals surface area contributed by atoms with E-state index in [1.54, 1.807) is 0 Å². The zero-order chi connectivity index (χ0) is 29.8. The molecule has 0 rings (SSSR count). The van der Waals surface area contributed by atoms with Crippen LogP contribution in [0.3, 0.4) is 0 Å². The summed E-state index contributed by atoms with van der Waals surface area (Å²) >= 11 is 0. The molecule has 0 aliphatic rings. The van der Waals surface area contributed by atoms with Crippen LogP contribution in [0.2, 0.25) is 0 Å². The van der Waals surface area contributed by atoms with Crippen LogP contribution in [0.15, 0.2) is 24.3 Å². The smallest absolute Gasteiger partial charge is 0.550 e. The second-order valence-corrected chi connectivity index (χ2v) is 11.4. The van der Waals surface area contributed by atoms with Gasteiger partial charge >= 0.3 is 27.7 Å². The SMILES string of the molecule is CCCCCCCC/C=C/CCCCCCCC(=O)[O-].CCCCCCCC/C=C/CCCCCCCC(=O)[O-].[Hg+2]. The summed E-state index contributed by atoms with van der Waals surface area (Å²) in [6, 6.07) is 0. The third-order valence-corrected chi connectivity index (χ3v) is 7.29. The molecule has 41 heavy (non-hydrogen) atoms. The summed E-state index contributed by atoms with van der Waals surface area (Å²) in [6.45, 7) is 4.51. The standard InChI is InChI=1S/2C18H34O2.Hg/c2*1-2-3-4-5-6-7-8-9-10-11-12-13-14-15-16-17-18(19)20;/h2*9-10H,2-8,11-17H2,1H3,(H,19,20);/q;;+2/p-2/b2*10-9+;. The molecule has 0 saturated heterocycles. The van der Waals surface area contributed by atoms with Crippen LogP contribution in [-0.2, 0) is 37.3 Å². The van der Waals surface area contributed by atoms with Gasteiger partial charge in [-0.2, -0.15) is 0 Å². The van der Waals surface area contributed by atoms with Crippen molar-refractivity contribution in [2.24, 2.45) is 0 Å². The molecular weight excluding hydrogens is 697 g/mol.